The van der Waals surface area contributed by atoms with Gasteiger partial charge in [0.2, 0.25) is 0 Å². The van der Waals surface area contributed by atoms with E-state index in [4.69, 9.17) is 14.2 Å². The molecule has 1 N–H and O–H groups in total. The largest absolute Gasteiger partial charge is 0.390 e. The predicted molar refractivity (Wildman–Crippen MR) is 74.9 cm³/mol. The number of aliphatic hydroxyl groups is 1. The Morgan fingerprint density at radius 1 is 1.21 bits per heavy atom. The maximum atomic E-state index is 10.0. The van der Waals surface area contributed by atoms with Gasteiger partial charge in [-0.3, -0.25) is 0 Å². The highest BCUT2D eigenvalue weighted by molar-refractivity contribution is 4.95. The van der Waals surface area contributed by atoms with E-state index in [-0.39, 0.29) is 18.5 Å². The lowest BCUT2D eigenvalue weighted by molar-refractivity contribution is -0.147. The Bertz CT molecular complexity index is 271. The van der Waals surface area contributed by atoms with E-state index in [1.54, 1.807) is 0 Å². The Balaban J connectivity index is 2.24. The molecule has 0 aliphatic carbocycles. The SMILES string of the molecule is C=CC/C=C/CC[C@H](O)[C@H]1O[C@H]1C(OCC)OCC. The zero-order valence-corrected chi connectivity index (χ0v) is 12.0. The number of ether oxygens (including phenoxy) is 3. The van der Waals surface area contributed by atoms with Crippen LogP contribution < -0.4 is 0 Å². The van der Waals surface area contributed by atoms with Gasteiger partial charge in [0.05, 0.1) is 6.10 Å². The van der Waals surface area contributed by atoms with Gasteiger partial charge in [-0.2, -0.15) is 0 Å². The van der Waals surface area contributed by atoms with E-state index in [0.29, 0.717) is 19.6 Å². The van der Waals surface area contributed by atoms with E-state index in [1.807, 2.05) is 26.0 Å². The van der Waals surface area contributed by atoms with Gasteiger partial charge in [0.15, 0.2) is 6.29 Å². The maximum absolute atomic E-state index is 10.0. The molecule has 0 aromatic heterocycles. The molecule has 3 atom stereocenters. The molecule has 1 heterocycles. The summed E-state index contributed by atoms with van der Waals surface area (Å²) in [7, 11) is 0. The number of allylic oxidation sites excluding steroid dienone is 3. The fourth-order valence-electron chi connectivity index (χ4n) is 1.97. The Morgan fingerprint density at radius 3 is 2.47 bits per heavy atom. The van der Waals surface area contributed by atoms with Crippen LogP contribution in [0, 0.1) is 0 Å². The van der Waals surface area contributed by atoms with E-state index in [9.17, 15) is 5.11 Å². The number of aliphatic hydroxyl groups excluding tert-OH is 1. The van der Waals surface area contributed by atoms with E-state index in [1.165, 1.54) is 0 Å². The number of hydrogen-bond donors (Lipinski definition) is 1. The van der Waals surface area contributed by atoms with Crippen molar-refractivity contribution in [3.63, 3.8) is 0 Å². The Labute approximate surface area is 116 Å². The van der Waals surface area contributed by atoms with Crippen molar-refractivity contribution in [1.29, 1.82) is 0 Å². The van der Waals surface area contributed by atoms with Crippen LogP contribution >= 0.6 is 0 Å². The molecule has 0 saturated carbocycles. The molecule has 0 amide bonds. The molecule has 1 aliphatic heterocycles. The quantitative estimate of drug-likeness (QED) is 0.356. The van der Waals surface area contributed by atoms with Crippen LogP contribution in [-0.2, 0) is 14.2 Å². The number of rotatable bonds is 11. The molecule has 0 bridgehead atoms. The Hall–Kier alpha value is -0.680. The second-order valence-electron chi connectivity index (χ2n) is 4.48. The second-order valence-corrected chi connectivity index (χ2v) is 4.48. The summed E-state index contributed by atoms with van der Waals surface area (Å²) in [5.74, 6) is 0. The molecule has 110 valence electrons. The van der Waals surface area contributed by atoms with Crippen molar-refractivity contribution < 1.29 is 19.3 Å². The van der Waals surface area contributed by atoms with E-state index in [0.717, 1.165) is 12.8 Å². The fourth-order valence-corrected chi connectivity index (χ4v) is 1.97. The van der Waals surface area contributed by atoms with E-state index in [2.05, 4.69) is 12.7 Å². The summed E-state index contributed by atoms with van der Waals surface area (Å²) in [6.07, 6.45) is 7.27. The number of epoxide rings is 1. The zero-order valence-electron chi connectivity index (χ0n) is 12.0. The van der Waals surface area contributed by atoms with Crippen LogP contribution in [0.2, 0.25) is 0 Å². The van der Waals surface area contributed by atoms with Gasteiger partial charge in [0.1, 0.15) is 12.2 Å². The monoisotopic (exact) mass is 270 g/mol. The third kappa shape index (κ3) is 5.87. The van der Waals surface area contributed by atoms with Crippen LogP contribution in [-0.4, -0.2) is 42.9 Å². The highest BCUT2D eigenvalue weighted by atomic mass is 16.7. The van der Waals surface area contributed by atoms with Gasteiger partial charge in [0.25, 0.3) is 0 Å². The first-order valence-corrected chi connectivity index (χ1v) is 7.07. The Kier molecular flexibility index (Phi) is 7.98. The van der Waals surface area contributed by atoms with Crippen LogP contribution in [0.25, 0.3) is 0 Å². The van der Waals surface area contributed by atoms with E-state index < -0.39 is 6.10 Å². The molecular weight excluding hydrogens is 244 g/mol. The maximum Gasteiger partial charge on any atom is 0.186 e. The molecule has 0 radical (unpaired) electrons. The second kappa shape index (κ2) is 9.26. The topological polar surface area (TPSA) is 51.2 Å². The van der Waals surface area contributed by atoms with Crippen LogP contribution in [0.4, 0.5) is 0 Å². The lowest BCUT2D eigenvalue weighted by Gasteiger charge is -2.15. The molecule has 4 nitrogen and oxygen atoms in total. The molecule has 1 fully saturated rings. The van der Waals surface area contributed by atoms with Crippen molar-refractivity contribution in [2.75, 3.05) is 13.2 Å². The summed E-state index contributed by atoms with van der Waals surface area (Å²) in [6.45, 7) is 8.65. The van der Waals surface area contributed by atoms with Gasteiger partial charge >= 0.3 is 0 Å². The first kappa shape index (κ1) is 16.4. The summed E-state index contributed by atoms with van der Waals surface area (Å²) in [5.41, 5.74) is 0. The normalized spacial score (nSPS) is 24.0. The van der Waals surface area contributed by atoms with Crippen molar-refractivity contribution in [2.24, 2.45) is 0 Å². The van der Waals surface area contributed by atoms with Gasteiger partial charge in [-0.15, -0.1) is 6.58 Å². The lowest BCUT2D eigenvalue weighted by Crippen LogP contribution is -2.28. The van der Waals surface area contributed by atoms with Crippen molar-refractivity contribution in [3.05, 3.63) is 24.8 Å². The molecule has 0 unspecified atom stereocenters. The molecule has 0 spiro atoms. The fraction of sp³-hybridized carbons (Fsp3) is 0.733. The molecule has 0 aromatic rings. The summed E-state index contributed by atoms with van der Waals surface area (Å²) < 4.78 is 16.4. The first-order valence-electron chi connectivity index (χ1n) is 7.07. The average molecular weight is 270 g/mol. The predicted octanol–water partition coefficient (Wildman–Crippen LogP) is 2.43. The van der Waals surface area contributed by atoms with Crippen LogP contribution in [0.15, 0.2) is 24.8 Å². The Morgan fingerprint density at radius 2 is 1.89 bits per heavy atom. The zero-order chi connectivity index (χ0) is 14.1. The minimum Gasteiger partial charge on any atom is -0.390 e. The van der Waals surface area contributed by atoms with Gasteiger partial charge in [0, 0.05) is 13.2 Å². The van der Waals surface area contributed by atoms with Crippen molar-refractivity contribution in [2.45, 2.75) is 57.7 Å². The summed E-state index contributed by atoms with van der Waals surface area (Å²) in [6, 6.07) is 0. The summed E-state index contributed by atoms with van der Waals surface area (Å²) in [4.78, 5) is 0. The highest BCUT2D eigenvalue weighted by Gasteiger charge is 2.50. The smallest absolute Gasteiger partial charge is 0.186 e. The van der Waals surface area contributed by atoms with Gasteiger partial charge in [-0.05, 0) is 33.1 Å². The third-order valence-corrected chi connectivity index (χ3v) is 2.97. The highest BCUT2D eigenvalue weighted by Crippen LogP contribution is 2.32. The average Bonchev–Trinajstić information content (AvgIpc) is 3.18. The number of hydrogen-bond acceptors (Lipinski definition) is 4. The minimum absolute atomic E-state index is 0.132. The molecular formula is C15H26O4. The van der Waals surface area contributed by atoms with Crippen LogP contribution in [0.5, 0.6) is 0 Å². The third-order valence-electron chi connectivity index (χ3n) is 2.97. The molecule has 4 heteroatoms. The van der Waals surface area contributed by atoms with Gasteiger partial charge in [-0.25, -0.2) is 0 Å². The molecule has 0 aromatic carbocycles. The van der Waals surface area contributed by atoms with Crippen LogP contribution in [0.1, 0.15) is 33.1 Å². The minimum atomic E-state index is -0.457. The first-order chi connectivity index (χ1) is 9.24. The molecule has 19 heavy (non-hydrogen) atoms. The molecule has 1 saturated heterocycles. The van der Waals surface area contributed by atoms with Crippen molar-refractivity contribution in [3.8, 4) is 0 Å². The van der Waals surface area contributed by atoms with E-state index >= 15 is 0 Å². The van der Waals surface area contributed by atoms with Gasteiger partial charge in [-0.1, -0.05) is 18.2 Å². The summed E-state index contributed by atoms with van der Waals surface area (Å²) >= 11 is 0. The summed E-state index contributed by atoms with van der Waals surface area (Å²) in [5, 5.41) is 10.0. The van der Waals surface area contributed by atoms with Crippen molar-refractivity contribution >= 4 is 0 Å². The lowest BCUT2D eigenvalue weighted by atomic mass is 10.1. The molecule has 1 rings (SSSR count). The standard InChI is InChI=1S/C15H26O4/c1-4-7-8-9-10-11-12(16)13-14(19-13)15(17-5-2)18-6-3/h4,8-9,12-16H,1,5-7,10-11H2,2-3H3/b9-8+/t12-,13+,14+/m0/s1. The van der Waals surface area contributed by atoms with Crippen LogP contribution in [0.3, 0.4) is 0 Å². The van der Waals surface area contributed by atoms with Gasteiger partial charge < -0.3 is 19.3 Å². The molecule has 1 aliphatic rings. The van der Waals surface area contributed by atoms with Crippen molar-refractivity contribution in [1.82, 2.24) is 0 Å².